The minimum absolute atomic E-state index is 0.0316. The molecule has 0 aromatic heterocycles. The van der Waals surface area contributed by atoms with E-state index in [0.29, 0.717) is 40.5 Å². The molecule has 5 nitrogen and oxygen atoms in total. The van der Waals surface area contributed by atoms with E-state index in [9.17, 15) is 41.0 Å². The van der Waals surface area contributed by atoms with E-state index < -0.39 is 64.8 Å². The molecule has 1 N–H and O–H groups in total. The number of ether oxygens (including phenoxy) is 1. The number of hydrogen-bond donors (Lipinski definition) is 1. The summed E-state index contributed by atoms with van der Waals surface area (Å²) < 4.78 is 87.7. The molecule has 6 rings (SSSR count). The summed E-state index contributed by atoms with van der Waals surface area (Å²) in [5.41, 5.74) is 0.256. The molecule has 1 aliphatic carbocycles. The molecule has 4 atom stereocenters. The number of amides is 2. The van der Waals surface area contributed by atoms with Gasteiger partial charge in [-0.2, -0.15) is 26.3 Å². The van der Waals surface area contributed by atoms with Gasteiger partial charge in [-0.1, -0.05) is 47.5 Å². The molecule has 12 heteroatoms. The molecule has 2 amide bonds. The molecular formula is C35H28ClF6NO4. The third-order valence-electron chi connectivity index (χ3n) is 9.12. The van der Waals surface area contributed by atoms with E-state index in [1.165, 1.54) is 12.1 Å². The Bertz CT molecular complexity index is 1770. The van der Waals surface area contributed by atoms with Gasteiger partial charge in [0.2, 0.25) is 11.8 Å². The molecule has 3 aliphatic rings. The first-order chi connectivity index (χ1) is 22.1. The number of aromatic hydroxyl groups is 1. The molecule has 2 fully saturated rings. The maximum Gasteiger partial charge on any atom is 0.416 e. The third kappa shape index (κ3) is 6.30. The number of carbonyl (C=O) groups is 2. The predicted octanol–water partition coefficient (Wildman–Crippen LogP) is 8.95. The highest BCUT2D eigenvalue weighted by molar-refractivity contribution is 6.32. The fraction of sp³-hybridized carbons (Fsp3) is 0.314. The van der Waals surface area contributed by atoms with Crippen LogP contribution < -0.4 is 4.90 Å². The van der Waals surface area contributed by atoms with Gasteiger partial charge < -0.3 is 9.84 Å². The van der Waals surface area contributed by atoms with Crippen molar-refractivity contribution < 1.29 is 45.8 Å². The number of phenolic OH excluding ortho intramolecular Hbond substituents is 1. The van der Waals surface area contributed by atoms with E-state index >= 15 is 0 Å². The van der Waals surface area contributed by atoms with Gasteiger partial charge in [-0.05, 0) is 90.9 Å². The SMILES string of the molecule is CC1=C2[C@@H](CC/C(=C/c3ccc(O)cc3Cl)c3ccccc3)OC[C@@H]2[C@@H]2C(=O)N(c3cc(C(F)(F)F)cc(C(F)(F)F)c3)C(=O)[C@@H]2C1. The van der Waals surface area contributed by atoms with Crippen molar-refractivity contribution in [2.24, 2.45) is 17.8 Å². The van der Waals surface area contributed by atoms with Crippen LogP contribution in [-0.2, 0) is 26.7 Å². The van der Waals surface area contributed by atoms with Gasteiger partial charge in [0.1, 0.15) is 5.75 Å². The number of fused-ring (bicyclic) bond motifs is 3. The second-order valence-corrected chi connectivity index (χ2v) is 12.5. The summed E-state index contributed by atoms with van der Waals surface area (Å²) in [5.74, 6) is -4.09. The van der Waals surface area contributed by atoms with E-state index in [1.807, 2.05) is 43.3 Å². The standard InChI is InChI=1S/C35H28ClF6NO4/c1-18-11-26-31(33(46)43(32(26)45)24-14-22(34(37,38)39)13-23(15-24)35(40,41)42)27-17-47-29(30(18)27)10-8-20(19-5-3-2-4-6-19)12-21-7-9-25(44)16-28(21)36/h2-7,9,12-16,26-27,29,31,44H,8,10-11,17H2,1H3/b20-12-/t26-,27+,29-,31-/m1/s1. The van der Waals surface area contributed by atoms with Crippen molar-refractivity contribution >= 4 is 40.8 Å². The summed E-state index contributed by atoms with van der Waals surface area (Å²) in [4.78, 5) is 27.8. The average molecular weight is 676 g/mol. The van der Waals surface area contributed by atoms with Crippen LogP contribution in [0.1, 0.15) is 48.4 Å². The molecule has 2 aliphatic heterocycles. The van der Waals surface area contributed by atoms with Gasteiger partial charge in [-0.3, -0.25) is 9.59 Å². The molecule has 0 spiro atoms. The van der Waals surface area contributed by atoms with Crippen LogP contribution >= 0.6 is 11.6 Å². The highest BCUT2D eigenvalue weighted by Gasteiger charge is 2.57. The second kappa shape index (κ2) is 12.2. The molecule has 3 aromatic rings. The number of carbonyl (C=O) groups excluding carboxylic acids is 2. The van der Waals surface area contributed by atoms with Gasteiger partial charge in [0.15, 0.2) is 0 Å². The summed E-state index contributed by atoms with van der Waals surface area (Å²) >= 11 is 6.38. The topological polar surface area (TPSA) is 66.8 Å². The van der Waals surface area contributed by atoms with Crippen LogP contribution in [0, 0.1) is 17.8 Å². The van der Waals surface area contributed by atoms with E-state index in [2.05, 4.69) is 0 Å². The van der Waals surface area contributed by atoms with Gasteiger partial charge in [0.25, 0.3) is 0 Å². The number of nitrogens with zero attached hydrogens (tertiary/aromatic N) is 1. The first kappa shape index (κ1) is 32.8. The fourth-order valence-corrected chi connectivity index (χ4v) is 7.24. The van der Waals surface area contributed by atoms with Crippen LogP contribution in [0.15, 0.2) is 77.9 Å². The molecule has 0 bridgehead atoms. The van der Waals surface area contributed by atoms with Crippen LogP contribution in [0.25, 0.3) is 11.6 Å². The van der Waals surface area contributed by atoms with Gasteiger partial charge in [-0.25, -0.2) is 4.90 Å². The zero-order valence-corrected chi connectivity index (χ0v) is 25.6. The highest BCUT2D eigenvalue weighted by atomic mass is 35.5. The van der Waals surface area contributed by atoms with Crippen molar-refractivity contribution in [1.82, 2.24) is 0 Å². The smallest absolute Gasteiger partial charge is 0.416 e. The van der Waals surface area contributed by atoms with Crippen LogP contribution in [-0.4, -0.2) is 29.6 Å². The highest BCUT2D eigenvalue weighted by Crippen LogP contribution is 2.51. The first-order valence-electron chi connectivity index (χ1n) is 14.9. The number of benzene rings is 3. The maximum absolute atomic E-state index is 13.8. The summed E-state index contributed by atoms with van der Waals surface area (Å²) in [6, 6.07) is 15.0. The minimum Gasteiger partial charge on any atom is -0.508 e. The summed E-state index contributed by atoms with van der Waals surface area (Å²) in [6.45, 7) is 1.90. The van der Waals surface area contributed by atoms with Gasteiger partial charge in [-0.15, -0.1) is 0 Å². The number of phenols is 1. The van der Waals surface area contributed by atoms with Crippen LogP contribution in [0.5, 0.6) is 5.75 Å². The summed E-state index contributed by atoms with van der Waals surface area (Å²) in [7, 11) is 0. The second-order valence-electron chi connectivity index (χ2n) is 12.1. The first-order valence-corrected chi connectivity index (χ1v) is 15.2. The Labute approximate surface area is 271 Å². The number of rotatable bonds is 6. The Morgan fingerprint density at radius 1 is 0.936 bits per heavy atom. The zero-order valence-electron chi connectivity index (χ0n) is 24.8. The van der Waals surface area contributed by atoms with Crippen molar-refractivity contribution in [3.05, 3.63) is 105 Å². The molecule has 2 heterocycles. The number of halogens is 7. The van der Waals surface area contributed by atoms with Crippen molar-refractivity contribution in [3.8, 4) is 5.75 Å². The molecule has 0 radical (unpaired) electrons. The van der Waals surface area contributed by atoms with Crippen LogP contribution in [0.4, 0.5) is 32.0 Å². The summed E-state index contributed by atoms with van der Waals surface area (Å²) in [5, 5.41) is 10.1. The van der Waals surface area contributed by atoms with Crippen LogP contribution in [0.3, 0.4) is 0 Å². The molecule has 47 heavy (non-hydrogen) atoms. The lowest BCUT2D eigenvalue weighted by Gasteiger charge is -2.30. The number of allylic oxidation sites excluding steroid dienone is 2. The molecular weight excluding hydrogens is 648 g/mol. The lowest BCUT2D eigenvalue weighted by molar-refractivity contribution is -0.143. The predicted molar refractivity (Wildman–Crippen MR) is 163 cm³/mol. The van der Waals surface area contributed by atoms with Crippen molar-refractivity contribution in [2.75, 3.05) is 11.5 Å². The van der Waals surface area contributed by atoms with E-state index in [0.717, 1.165) is 22.3 Å². The molecule has 3 aromatic carbocycles. The van der Waals surface area contributed by atoms with Gasteiger partial charge >= 0.3 is 12.4 Å². The van der Waals surface area contributed by atoms with Crippen molar-refractivity contribution in [1.29, 1.82) is 0 Å². The van der Waals surface area contributed by atoms with E-state index in [1.54, 1.807) is 6.07 Å². The monoisotopic (exact) mass is 675 g/mol. The molecule has 246 valence electrons. The molecule has 2 saturated heterocycles. The number of hydrogen-bond acceptors (Lipinski definition) is 4. The Morgan fingerprint density at radius 2 is 1.60 bits per heavy atom. The third-order valence-corrected chi connectivity index (χ3v) is 9.44. The lowest BCUT2D eigenvalue weighted by atomic mass is 9.70. The van der Waals surface area contributed by atoms with Crippen molar-refractivity contribution in [2.45, 2.75) is 44.6 Å². The van der Waals surface area contributed by atoms with Gasteiger partial charge in [0.05, 0.1) is 46.4 Å². The number of imide groups is 1. The molecule has 0 saturated carbocycles. The number of anilines is 1. The zero-order chi connectivity index (χ0) is 33.8. The normalized spacial score (nSPS) is 23.4. The summed E-state index contributed by atoms with van der Waals surface area (Å²) in [6.07, 6.45) is -7.63. The van der Waals surface area contributed by atoms with Crippen molar-refractivity contribution in [3.63, 3.8) is 0 Å². The van der Waals surface area contributed by atoms with Crippen LogP contribution in [0.2, 0.25) is 5.02 Å². The fourth-order valence-electron chi connectivity index (χ4n) is 7.01. The Morgan fingerprint density at radius 3 is 2.21 bits per heavy atom. The Kier molecular flexibility index (Phi) is 8.50. The van der Waals surface area contributed by atoms with Gasteiger partial charge in [0, 0.05) is 5.92 Å². The number of alkyl halides is 6. The molecule has 0 unspecified atom stereocenters. The Balaban J connectivity index is 1.28. The van der Waals surface area contributed by atoms with E-state index in [4.69, 9.17) is 16.3 Å². The average Bonchev–Trinajstić information content (AvgIpc) is 3.54. The quantitative estimate of drug-likeness (QED) is 0.123. The lowest BCUT2D eigenvalue weighted by Crippen LogP contribution is -2.34. The largest absolute Gasteiger partial charge is 0.508 e. The maximum atomic E-state index is 13.8. The minimum atomic E-state index is -5.13. The Hall–Kier alpha value is -4.09. The van der Waals surface area contributed by atoms with E-state index in [-0.39, 0.29) is 24.8 Å².